The minimum absolute atomic E-state index is 0.0681. The minimum Gasteiger partial charge on any atom is -0.381 e. The maximum absolute atomic E-state index is 5.47. The van der Waals surface area contributed by atoms with Crippen molar-refractivity contribution in [2.24, 2.45) is 0 Å². The number of hydrogen-bond acceptors (Lipinski definition) is 1. The highest BCUT2D eigenvalue weighted by atomic mass is 28.2. The van der Waals surface area contributed by atoms with E-state index in [-0.39, 0.29) is 9.52 Å². The van der Waals surface area contributed by atoms with Crippen LogP contribution in [0.3, 0.4) is 0 Å². The molecule has 0 aromatic heterocycles. The van der Waals surface area contributed by atoms with Crippen LogP contribution in [-0.4, -0.2) is 15.7 Å². The smallest absolute Gasteiger partial charge is 0.0712 e. The lowest BCUT2D eigenvalue weighted by atomic mass is 10.2. The SMILES string of the molecule is C[SiH2]COCc1ccc(C)cc1. The van der Waals surface area contributed by atoms with Crippen LogP contribution in [0, 0.1) is 6.92 Å². The summed E-state index contributed by atoms with van der Waals surface area (Å²) in [5, 5.41) is 0. The highest BCUT2D eigenvalue weighted by Gasteiger charge is 1.91. The molecule has 0 aliphatic rings. The summed E-state index contributed by atoms with van der Waals surface area (Å²) < 4.78 is 5.47. The van der Waals surface area contributed by atoms with Crippen molar-refractivity contribution in [2.75, 3.05) is 6.23 Å². The van der Waals surface area contributed by atoms with Crippen molar-refractivity contribution < 1.29 is 4.74 Å². The van der Waals surface area contributed by atoms with E-state index in [9.17, 15) is 0 Å². The first kappa shape index (κ1) is 9.48. The van der Waals surface area contributed by atoms with Crippen LogP contribution in [0.25, 0.3) is 0 Å². The van der Waals surface area contributed by atoms with E-state index < -0.39 is 0 Å². The van der Waals surface area contributed by atoms with Crippen LogP contribution >= 0.6 is 0 Å². The van der Waals surface area contributed by atoms with Gasteiger partial charge in [0, 0.05) is 15.7 Å². The number of rotatable bonds is 4. The normalized spacial score (nSPS) is 11.2. The first-order valence-electron chi connectivity index (χ1n) is 4.46. The van der Waals surface area contributed by atoms with Gasteiger partial charge in [-0.15, -0.1) is 0 Å². The molecule has 0 atom stereocenters. The van der Waals surface area contributed by atoms with Gasteiger partial charge in [-0.25, -0.2) is 0 Å². The molecule has 0 radical (unpaired) electrons. The quantitative estimate of drug-likeness (QED) is 0.506. The molecule has 0 saturated heterocycles. The monoisotopic (exact) mass is 180 g/mol. The van der Waals surface area contributed by atoms with E-state index in [2.05, 4.69) is 37.7 Å². The Bertz CT molecular complexity index is 218. The summed E-state index contributed by atoms with van der Waals surface area (Å²) >= 11 is 0. The van der Waals surface area contributed by atoms with Gasteiger partial charge in [0.05, 0.1) is 6.61 Å². The molecule has 2 heteroatoms. The van der Waals surface area contributed by atoms with E-state index in [1.807, 2.05) is 0 Å². The molecule has 0 aliphatic heterocycles. The van der Waals surface area contributed by atoms with Crippen LogP contribution in [0.1, 0.15) is 11.1 Å². The van der Waals surface area contributed by atoms with Gasteiger partial charge in [0.25, 0.3) is 0 Å². The molecule has 0 saturated carbocycles. The fourth-order valence-electron chi connectivity index (χ4n) is 1.02. The Morgan fingerprint density at radius 3 is 2.50 bits per heavy atom. The van der Waals surface area contributed by atoms with Crippen LogP contribution in [0.4, 0.5) is 0 Å². The van der Waals surface area contributed by atoms with Gasteiger partial charge in [-0.3, -0.25) is 0 Å². The lowest BCUT2D eigenvalue weighted by Crippen LogP contribution is -1.99. The Morgan fingerprint density at radius 1 is 1.25 bits per heavy atom. The van der Waals surface area contributed by atoms with E-state index in [1.54, 1.807) is 0 Å². The third-order valence-electron chi connectivity index (χ3n) is 1.74. The van der Waals surface area contributed by atoms with Crippen molar-refractivity contribution in [3.05, 3.63) is 35.4 Å². The van der Waals surface area contributed by atoms with Gasteiger partial charge in [-0.2, -0.15) is 0 Å². The number of hydrogen-bond donors (Lipinski definition) is 0. The molecule has 0 amide bonds. The molecule has 1 aromatic carbocycles. The van der Waals surface area contributed by atoms with Crippen molar-refractivity contribution in [3.63, 3.8) is 0 Å². The zero-order chi connectivity index (χ0) is 8.81. The van der Waals surface area contributed by atoms with E-state index >= 15 is 0 Å². The van der Waals surface area contributed by atoms with E-state index in [0.29, 0.717) is 0 Å². The molecule has 1 nitrogen and oxygen atoms in total. The molecule has 0 N–H and O–H groups in total. The lowest BCUT2D eigenvalue weighted by Gasteiger charge is -2.02. The summed E-state index contributed by atoms with van der Waals surface area (Å²) in [7, 11) is 0.0681. The van der Waals surface area contributed by atoms with Crippen LogP contribution < -0.4 is 0 Å². The summed E-state index contributed by atoms with van der Waals surface area (Å²) in [5.74, 6) is 0. The molecule has 12 heavy (non-hydrogen) atoms. The van der Waals surface area contributed by atoms with E-state index in [1.165, 1.54) is 11.1 Å². The topological polar surface area (TPSA) is 9.23 Å². The number of aryl methyl sites for hydroxylation is 1. The summed E-state index contributed by atoms with van der Waals surface area (Å²) in [6.45, 7) is 5.14. The highest BCUT2D eigenvalue weighted by Crippen LogP contribution is 2.03. The van der Waals surface area contributed by atoms with Crippen LogP contribution in [-0.2, 0) is 11.3 Å². The molecule has 0 unspecified atom stereocenters. The van der Waals surface area contributed by atoms with Crippen molar-refractivity contribution in [1.82, 2.24) is 0 Å². The van der Waals surface area contributed by atoms with Crippen LogP contribution in [0.15, 0.2) is 24.3 Å². The summed E-state index contributed by atoms with van der Waals surface area (Å²) in [5.41, 5.74) is 2.59. The second-order valence-electron chi connectivity index (χ2n) is 3.04. The highest BCUT2D eigenvalue weighted by molar-refractivity contribution is 6.33. The molecule has 0 fully saturated rings. The van der Waals surface area contributed by atoms with Gasteiger partial charge in [0.1, 0.15) is 0 Å². The van der Waals surface area contributed by atoms with Gasteiger partial charge >= 0.3 is 0 Å². The molecule has 1 aromatic rings. The lowest BCUT2D eigenvalue weighted by molar-refractivity contribution is 0.163. The summed E-state index contributed by atoms with van der Waals surface area (Å²) in [6, 6.07) is 8.52. The first-order chi connectivity index (χ1) is 5.83. The third kappa shape index (κ3) is 3.20. The predicted octanol–water partition coefficient (Wildman–Crippen LogP) is 1.69. The molecule has 1 rings (SSSR count). The molecule has 0 heterocycles. The minimum atomic E-state index is 0.0681. The zero-order valence-electron chi connectivity index (χ0n) is 7.84. The van der Waals surface area contributed by atoms with Crippen molar-refractivity contribution in [3.8, 4) is 0 Å². The average Bonchev–Trinajstić information content (AvgIpc) is 2.09. The standard InChI is InChI=1S/C10H16OSi/c1-9-3-5-10(6-4-9)7-11-8-12-2/h3-6H,7-8,12H2,1-2H3. The molecule has 66 valence electrons. The Balaban J connectivity index is 2.37. The fourth-order valence-corrected chi connectivity index (χ4v) is 1.45. The molecular formula is C10H16OSi. The first-order valence-corrected chi connectivity index (χ1v) is 6.87. The maximum Gasteiger partial charge on any atom is 0.0712 e. The second-order valence-corrected chi connectivity index (χ2v) is 4.45. The van der Waals surface area contributed by atoms with Crippen molar-refractivity contribution >= 4 is 9.52 Å². The van der Waals surface area contributed by atoms with Gasteiger partial charge < -0.3 is 4.74 Å². The maximum atomic E-state index is 5.47. The second kappa shape index (κ2) is 5.12. The van der Waals surface area contributed by atoms with Crippen LogP contribution in [0.5, 0.6) is 0 Å². The fraction of sp³-hybridized carbons (Fsp3) is 0.400. The predicted molar refractivity (Wildman–Crippen MR) is 55.2 cm³/mol. The van der Waals surface area contributed by atoms with Gasteiger partial charge in [0.15, 0.2) is 0 Å². The summed E-state index contributed by atoms with van der Waals surface area (Å²) in [4.78, 5) is 0. The summed E-state index contributed by atoms with van der Waals surface area (Å²) in [6.07, 6.45) is 0.994. The molecule has 0 bridgehead atoms. The van der Waals surface area contributed by atoms with Gasteiger partial charge in [0.2, 0.25) is 0 Å². The number of ether oxygens (including phenoxy) is 1. The number of benzene rings is 1. The molecular weight excluding hydrogens is 164 g/mol. The Morgan fingerprint density at radius 2 is 1.92 bits per heavy atom. The molecule has 0 aliphatic carbocycles. The Kier molecular flexibility index (Phi) is 4.04. The van der Waals surface area contributed by atoms with Gasteiger partial charge in [-0.1, -0.05) is 36.4 Å². The van der Waals surface area contributed by atoms with Crippen molar-refractivity contribution in [1.29, 1.82) is 0 Å². The third-order valence-corrected chi connectivity index (χ3v) is 2.43. The molecule has 0 spiro atoms. The largest absolute Gasteiger partial charge is 0.381 e. The van der Waals surface area contributed by atoms with Gasteiger partial charge in [-0.05, 0) is 12.5 Å². The van der Waals surface area contributed by atoms with Crippen LogP contribution in [0.2, 0.25) is 6.55 Å². The van der Waals surface area contributed by atoms with Crippen molar-refractivity contribution in [2.45, 2.75) is 20.1 Å². The van der Waals surface area contributed by atoms with E-state index in [0.717, 1.165) is 12.8 Å². The zero-order valence-corrected chi connectivity index (χ0v) is 9.25. The average molecular weight is 180 g/mol. The van der Waals surface area contributed by atoms with E-state index in [4.69, 9.17) is 4.74 Å². The Hall–Kier alpha value is -0.603. The Labute approximate surface area is 76.6 Å².